The van der Waals surface area contributed by atoms with Crippen molar-refractivity contribution >= 4 is 23.7 Å². The van der Waals surface area contributed by atoms with Crippen molar-refractivity contribution < 1.29 is 29.0 Å². The number of carbonyl (C=O) groups excluding carboxylic acids is 3. The maximum absolute atomic E-state index is 13.2. The van der Waals surface area contributed by atoms with Gasteiger partial charge in [-0.15, -0.1) is 0 Å². The molecule has 10 nitrogen and oxygen atoms in total. The van der Waals surface area contributed by atoms with Gasteiger partial charge in [0.15, 0.2) is 0 Å². The number of hydrogen-bond acceptors (Lipinski definition) is 6. The van der Waals surface area contributed by atoms with E-state index in [2.05, 4.69) is 21.3 Å². The van der Waals surface area contributed by atoms with Gasteiger partial charge in [-0.2, -0.15) is 0 Å². The Morgan fingerprint density at radius 3 is 2.47 bits per heavy atom. The maximum atomic E-state index is 13.2. The Kier molecular flexibility index (Phi) is 10.7. The lowest BCUT2D eigenvalue weighted by Gasteiger charge is -2.22. The summed E-state index contributed by atoms with van der Waals surface area (Å²) in [5.74, 6) is -2.18. The van der Waals surface area contributed by atoms with Crippen LogP contribution in [0.1, 0.15) is 42.9 Å². The zero-order valence-electron chi connectivity index (χ0n) is 21.8. The average Bonchev–Trinajstić information content (AvgIpc) is 3.39. The Bertz CT molecular complexity index is 1100. The molecule has 2 aromatic rings. The predicted molar refractivity (Wildman–Crippen MR) is 141 cm³/mol. The van der Waals surface area contributed by atoms with Crippen LogP contribution >= 0.6 is 0 Å². The largest absolute Gasteiger partial charge is 0.489 e. The molecule has 1 aliphatic heterocycles. The smallest absolute Gasteiger partial charge is 0.305 e. The number of hydrogen-bond donors (Lipinski definition) is 5. The summed E-state index contributed by atoms with van der Waals surface area (Å²) in [6, 6.07) is 13.1. The molecule has 0 saturated carbocycles. The van der Waals surface area contributed by atoms with Crippen molar-refractivity contribution in [3.8, 4) is 5.75 Å². The zero-order valence-corrected chi connectivity index (χ0v) is 21.8. The molecule has 1 heterocycles. The summed E-state index contributed by atoms with van der Waals surface area (Å²) in [6.45, 7) is 5.09. The molecule has 5 N–H and O–H groups in total. The van der Waals surface area contributed by atoms with Crippen LogP contribution in [0.4, 0.5) is 0 Å². The SMILES string of the molecule is CC(=O)N[C@@H](CC(=O)O)C(=O)N[C@@H](CCc1ccccc1)C(=O)NCc1cc(OC2CCNC2)ccc1C. The van der Waals surface area contributed by atoms with E-state index >= 15 is 0 Å². The molecule has 0 radical (unpaired) electrons. The number of carboxylic acid groups (broad SMARTS) is 1. The van der Waals surface area contributed by atoms with Gasteiger partial charge in [0.2, 0.25) is 17.7 Å². The summed E-state index contributed by atoms with van der Waals surface area (Å²) in [5.41, 5.74) is 2.86. The summed E-state index contributed by atoms with van der Waals surface area (Å²) in [7, 11) is 0. The van der Waals surface area contributed by atoms with E-state index in [-0.39, 0.29) is 19.1 Å². The van der Waals surface area contributed by atoms with Crippen molar-refractivity contribution in [3.05, 3.63) is 65.2 Å². The third kappa shape index (κ3) is 9.19. The molecule has 1 unspecified atom stereocenters. The Balaban J connectivity index is 1.69. The lowest BCUT2D eigenvalue weighted by atomic mass is 10.0. The summed E-state index contributed by atoms with van der Waals surface area (Å²) in [4.78, 5) is 48.9. The van der Waals surface area contributed by atoms with Crippen LogP contribution in [0.15, 0.2) is 48.5 Å². The number of rotatable bonds is 13. The molecular formula is C28H36N4O6. The van der Waals surface area contributed by atoms with Gasteiger partial charge in [-0.1, -0.05) is 36.4 Å². The minimum Gasteiger partial charge on any atom is -0.489 e. The monoisotopic (exact) mass is 524 g/mol. The molecule has 0 aliphatic carbocycles. The maximum Gasteiger partial charge on any atom is 0.305 e. The number of carbonyl (C=O) groups is 4. The van der Waals surface area contributed by atoms with Gasteiger partial charge < -0.3 is 31.1 Å². The molecule has 1 aliphatic rings. The third-order valence-electron chi connectivity index (χ3n) is 6.36. The van der Waals surface area contributed by atoms with Crippen molar-refractivity contribution in [1.29, 1.82) is 0 Å². The minimum absolute atomic E-state index is 0.111. The van der Waals surface area contributed by atoms with E-state index in [4.69, 9.17) is 9.84 Å². The van der Waals surface area contributed by atoms with E-state index in [1.165, 1.54) is 6.92 Å². The van der Waals surface area contributed by atoms with Crippen molar-refractivity contribution in [3.63, 3.8) is 0 Å². The second-order valence-corrected chi connectivity index (χ2v) is 9.48. The highest BCUT2D eigenvalue weighted by molar-refractivity contribution is 5.93. The van der Waals surface area contributed by atoms with Crippen LogP contribution in [0.5, 0.6) is 5.75 Å². The first-order chi connectivity index (χ1) is 18.2. The van der Waals surface area contributed by atoms with Crippen LogP contribution in [-0.2, 0) is 32.1 Å². The zero-order chi connectivity index (χ0) is 27.5. The van der Waals surface area contributed by atoms with E-state index < -0.39 is 42.2 Å². The number of carboxylic acids is 1. The van der Waals surface area contributed by atoms with Crippen molar-refractivity contribution in [2.75, 3.05) is 13.1 Å². The highest BCUT2D eigenvalue weighted by atomic mass is 16.5. The standard InChI is InChI=1S/C28H36N4O6/c1-18-8-10-22(38-23-12-13-29-17-23)14-21(18)16-30-27(36)24(11-9-20-6-4-3-5-7-20)32-28(37)25(15-26(34)35)31-19(2)33/h3-8,10,14,23-25,29H,9,11-13,15-17H2,1-2H3,(H,30,36)(H,31,33)(H,32,37)(H,34,35)/t23?,24-,25-/m0/s1. The first-order valence-electron chi connectivity index (χ1n) is 12.8. The third-order valence-corrected chi connectivity index (χ3v) is 6.36. The number of ether oxygens (including phenoxy) is 1. The van der Waals surface area contributed by atoms with E-state index in [0.29, 0.717) is 6.42 Å². The first kappa shape index (κ1) is 28.6. The molecule has 0 spiro atoms. The van der Waals surface area contributed by atoms with Crippen LogP contribution in [-0.4, -0.2) is 60.1 Å². The van der Waals surface area contributed by atoms with Crippen LogP contribution in [0.2, 0.25) is 0 Å². The molecular weight excluding hydrogens is 488 g/mol. The number of aliphatic carboxylic acids is 1. The molecule has 38 heavy (non-hydrogen) atoms. The van der Waals surface area contributed by atoms with Gasteiger partial charge in [0.25, 0.3) is 0 Å². The number of nitrogens with one attached hydrogen (secondary N) is 4. The van der Waals surface area contributed by atoms with E-state index in [0.717, 1.165) is 42.0 Å². The molecule has 1 saturated heterocycles. The highest BCUT2D eigenvalue weighted by Crippen LogP contribution is 2.20. The van der Waals surface area contributed by atoms with Gasteiger partial charge in [-0.05, 0) is 61.6 Å². The Labute approximate surface area is 222 Å². The van der Waals surface area contributed by atoms with Crippen LogP contribution in [0, 0.1) is 6.92 Å². The van der Waals surface area contributed by atoms with Gasteiger partial charge >= 0.3 is 5.97 Å². The average molecular weight is 525 g/mol. The minimum atomic E-state index is -1.29. The summed E-state index contributed by atoms with van der Waals surface area (Å²) in [5, 5.41) is 20.3. The lowest BCUT2D eigenvalue weighted by molar-refractivity contribution is -0.140. The molecule has 0 bridgehead atoms. The fourth-order valence-corrected chi connectivity index (χ4v) is 4.26. The second kappa shape index (κ2) is 14.1. The van der Waals surface area contributed by atoms with Crippen molar-refractivity contribution in [2.45, 2.75) is 64.3 Å². The van der Waals surface area contributed by atoms with Crippen LogP contribution in [0.25, 0.3) is 0 Å². The quantitative estimate of drug-likeness (QED) is 0.267. The Hall–Kier alpha value is -3.92. The van der Waals surface area contributed by atoms with Gasteiger partial charge in [0.1, 0.15) is 23.9 Å². The fraction of sp³-hybridized carbons (Fsp3) is 0.429. The summed E-state index contributed by atoms with van der Waals surface area (Å²) < 4.78 is 6.04. The second-order valence-electron chi connectivity index (χ2n) is 9.48. The number of aryl methyl sites for hydroxylation is 2. The molecule has 0 aromatic heterocycles. The van der Waals surface area contributed by atoms with Crippen molar-refractivity contribution in [2.24, 2.45) is 0 Å². The Morgan fingerprint density at radius 1 is 1.05 bits per heavy atom. The number of benzene rings is 2. The Morgan fingerprint density at radius 2 is 1.82 bits per heavy atom. The lowest BCUT2D eigenvalue weighted by Crippen LogP contribution is -2.54. The normalized spacial score (nSPS) is 16.2. The van der Waals surface area contributed by atoms with E-state index in [1.807, 2.05) is 55.5 Å². The molecule has 3 amide bonds. The summed E-state index contributed by atoms with van der Waals surface area (Å²) >= 11 is 0. The molecule has 10 heteroatoms. The first-order valence-corrected chi connectivity index (χ1v) is 12.8. The summed E-state index contributed by atoms with van der Waals surface area (Å²) in [6.07, 6.45) is 1.25. The number of amides is 3. The van der Waals surface area contributed by atoms with Gasteiger partial charge in [0, 0.05) is 20.0 Å². The van der Waals surface area contributed by atoms with Crippen molar-refractivity contribution in [1.82, 2.24) is 21.3 Å². The van der Waals surface area contributed by atoms with E-state index in [9.17, 15) is 19.2 Å². The molecule has 2 aromatic carbocycles. The molecule has 3 atom stereocenters. The molecule has 1 fully saturated rings. The molecule has 3 rings (SSSR count). The predicted octanol–water partition coefficient (Wildman–Crippen LogP) is 1.45. The highest BCUT2D eigenvalue weighted by Gasteiger charge is 2.28. The van der Waals surface area contributed by atoms with Gasteiger partial charge in [-0.3, -0.25) is 19.2 Å². The van der Waals surface area contributed by atoms with Crippen LogP contribution in [0.3, 0.4) is 0 Å². The van der Waals surface area contributed by atoms with E-state index in [1.54, 1.807) is 0 Å². The molecule has 204 valence electrons. The fourth-order valence-electron chi connectivity index (χ4n) is 4.26. The van der Waals surface area contributed by atoms with Crippen LogP contribution < -0.4 is 26.0 Å². The van der Waals surface area contributed by atoms with Gasteiger partial charge in [-0.25, -0.2) is 0 Å². The topological polar surface area (TPSA) is 146 Å². The van der Waals surface area contributed by atoms with Gasteiger partial charge in [0.05, 0.1) is 6.42 Å².